The minimum atomic E-state index is -1.31. The number of ether oxygens (including phenoxy) is 5. The lowest BCUT2D eigenvalue weighted by atomic mass is 9.97. The van der Waals surface area contributed by atoms with Gasteiger partial charge < -0.3 is 39.6 Å². The molecule has 0 spiro atoms. The monoisotopic (exact) mass is 870 g/mol. The zero-order chi connectivity index (χ0) is 44.4. The van der Waals surface area contributed by atoms with Gasteiger partial charge in [-0.15, -0.1) is 11.8 Å². The Balaban J connectivity index is 3.09. The number of amides is 3. The molecule has 0 aromatic rings. The van der Waals surface area contributed by atoms with Crippen LogP contribution in [0.1, 0.15) is 176 Å². The predicted octanol–water partition coefficient (Wildman–Crippen LogP) is 8.37. The molecule has 346 valence electrons. The van der Waals surface area contributed by atoms with E-state index in [1.807, 2.05) is 0 Å². The van der Waals surface area contributed by atoms with Crippen LogP contribution in [-0.4, -0.2) is 97.2 Å². The van der Waals surface area contributed by atoms with E-state index in [0.717, 1.165) is 64.1 Å². The van der Waals surface area contributed by atoms with Gasteiger partial charge in [-0.25, -0.2) is 4.79 Å². The Morgan fingerprint density at radius 1 is 0.667 bits per heavy atom. The number of unbranched alkanes of at least 4 members (excludes halogenated alkanes) is 19. The van der Waals surface area contributed by atoms with Crippen molar-refractivity contribution in [2.24, 2.45) is 0 Å². The zero-order valence-corrected chi connectivity index (χ0v) is 38.3. The molecule has 0 radical (unpaired) electrons. The molecule has 0 unspecified atom stereocenters. The van der Waals surface area contributed by atoms with Crippen molar-refractivity contribution >= 4 is 47.6 Å². The molecule has 0 aliphatic carbocycles. The quantitative estimate of drug-likeness (QED) is 0.0240. The highest BCUT2D eigenvalue weighted by Gasteiger charge is 2.51. The van der Waals surface area contributed by atoms with Crippen LogP contribution >= 0.6 is 11.8 Å². The van der Waals surface area contributed by atoms with E-state index in [1.54, 1.807) is 0 Å². The molecule has 1 rings (SSSR count). The Kier molecular flexibility index (Phi) is 32.2. The van der Waals surface area contributed by atoms with E-state index in [2.05, 4.69) is 36.4 Å². The molecule has 1 heterocycles. The van der Waals surface area contributed by atoms with Gasteiger partial charge in [0.2, 0.25) is 11.8 Å². The van der Waals surface area contributed by atoms with Gasteiger partial charge in [-0.1, -0.05) is 148 Å². The molecule has 15 heteroatoms. The summed E-state index contributed by atoms with van der Waals surface area (Å²) < 4.78 is 27.9. The van der Waals surface area contributed by atoms with E-state index in [4.69, 9.17) is 23.7 Å². The van der Waals surface area contributed by atoms with Crippen LogP contribution in [0.3, 0.4) is 0 Å². The number of nitrogens with one attached hydrogen (secondary N) is 3. The molecule has 3 amide bonds. The van der Waals surface area contributed by atoms with Crippen molar-refractivity contribution in [2.45, 2.75) is 212 Å². The highest BCUT2D eigenvalue weighted by atomic mass is 32.2. The molecule has 1 fully saturated rings. The van der Waals surface area contributed by atoms with Crippen LogP contribution < -0.4 is 16.0 Å². The third-order valence-electron chi connectivity index (χ3n) is 10.2. The molecular weight excluding hydrogens is 791 g/mol. The first-order valence-electron chi connectivity index (χ1n) is 22.8. The van der Waals surface area contributed by atoms with Gasteiger partial charge in [0.25, 0.3) is 0 Å². The molecule has 0 saturated carbocycles. The number of thioether (sulfide) groups is 1. The van der Waals surface area contributed by atoms with E-state index in [0.29, 0.717) is 13.0 Å². The summed E-state index contributed by atoms with van der Waals surface area (Å²) in [6.45, 7) is 11.5. The lowest BCUT2D eigenvalue weighted by Crippen LogP contribution is -2.65. The SMILES string of the molecule is C=CCOC(=O)N[C@@H]1[C@@H](OC(C)=O)[C@@H](OC(C)=O)[C@@H](COC(C)=O)O[C@H]1SC[C@H](NC(=O)CCCCCCCCCCC)C(=O)NCCCCCCCCCCCCCC. The average molecular weight is 870 g/mol. The van der Waals surface area contributed by atoms with Gasteiger partial charge in [0.05, 0.1) is 0 Å². The maximum Gasteiger partial charge on any atom is 0.407 e. The number of hydrogen-bond donors (Lipinski definition) is 3. The van der Waals surface area contributed by atoms with Crippen LogP contribution in [0.2, 0.25) is 0 Å². The normalized spacial score (nSPS) is 19.1. The van der Waals surface area contributed by atoms with E-state index in [1.165, 1.54) is 103 Å². The summed E-state index contributed by atoms with van der Waals surface area (Å²) in [4.78, 5) is 76.4. The van der Waals surface area contributed by atoms with E-state index < -0.39 is 59.8 Å². The Bertz CT molecular complexity index is 1240. The molecular formula is C45H79N3O11S. The van der Waals surface area contributed by atoms with Crippen LogP contribution in [0.4, 0.5) is 4.79 Å². The summed E-state index contributed by atoms with van der Waals surface area (Å²) >= 11 is 1.08. The predicted molar refractivity (Wildman–Crippen MR) is 235 cm³/mol. The van der Waals surface area contributed by atoms with Crippen LogP contribution in [0, 0.1) is 0 Å². The molecule has 6 atom stereocenters. The fourth-order valence-corrected chi connectivity index (χ4v) is 8.32. The summed E-state index contributed by atoms with van der Waals surface area (Å²) in [7, 11) is 0. The Hall–Kier alpha value is -3.33. The molecule has 3 N–H and O–H groups in total. The molecule has 1 saturated heterocycles. The second-order valence-electron chi connectivity index (χ2n) is 15.8. The van der Waals surface area contributed by atoms with Gasteiger partial charge in [0, 0.05) is 39.5 Å². The van der Waals surface area contributed by atoms with Crippen molar-refractivity contribution in [3.8, 4) is 0 Å². The number of esters is 3. The molecule has 1 aliphatic heterocycles. The molecule has 1 aliphatic rings. The Labute approximate surface area is 364 Å². The third kappa shape index (κ3) is 26.8. The highest BCUT2D eigenvalue weighted by molar-refractivity contribution is 7.99. The minimum absolute atomic E-state index is 0.00361. The zero-order valence-electron chi connectivity index (χ0n) is 37.5. The molecule has 0 aromatic carbocycles. The highest BCUT2D eigenvalue weighted by Crippen LogP contribution is 2.33. The van der Waals surface area contributed by atoms with Crippen molar-refractivity contribution in [1.29, 1.82) is 0 Å². The van der Waals surface area contributed by atoms with Crippen LogP contribution in [-0.2, 0) is 47.7 Å². The largest absolute Gasteiger partial charge is 0.463 e. The lowest BCUT2D eigenvalue weighted by molar-refractivity contribution is -0.211. The maximum absolute atomic E-state index is 13.7. The molecule has 14 nitrogen and oxygen atoms in total. The average Bonchev–Trinajstić information content (AvgIpc) is 3.20. The number of hydrogen-bond acceptors (Lipinski definition) is 12. The first-order valence-corrected chi connectivity index (χ1v) is 23.8. The molecule has 0 bridgehead atoms. The lowest BCUT2D eigenvalue weighted by Gasteiger charge is -2.45. The number of carbonyl (C=O) groups is 6. The van der Waals surface area contributed by atoms with Gasteiger partial charge >= 0.3 is 24.0 Å². The number of alkyl carbamates (subject to hydrolysis) is 1. The van der Waals surface area contributed by atoms with Gasteiger partial charge in [0.15, 0.2) is 12.2 Å². The first-order chi connectivity index (χ1) is 28.9. The van der Waals surface area contributed by atoms with Gasteiger partial charge in [-0.2, -0.15) is 0 Å². The standard InChI is InChI=1S/C45H79N3O11S/c1-7-10-12-14-16-18-19-20-22-24-26-28-30-46-43(53)37(47-39(52)29-27-25-23-21-17-15-13-11-8-2)33-60-44-40(48-45(54)55-31-9-3)42(58-36(6)51)41(57-35(5)50)38(59-44)32-56-34(4)49/h9,37-38,40-42,44H,3,7-8,10-33H2,1-2,4-6H3,(H,46,53)(H,47,52)(H,48,54)/t37-,38+,40+,41-,42+,44-/m0/s1. The summed E-state index contributed by atoms with van der Waals surface area (Å²) in [5.41, 5.74) is -1.06. The molecule has 0 aromatic heterocycles. The van der Waals surface area contributed by atoms with Crippen LogP contribution in [0.15, 0.2) is 12.7 Å². The molecule has 60 heavy (non-hydrogen) atoms. The fourth-order valence-electron chi connectivity index (χ4n) is 7.05. The Morgan fingerprint density at radius 3 is 1.67 bits per heavy atom. The number of carbonyl (C=O) groups excluding carboxylic acids is 6. The van der Waals surface area contributed by atoms with E-state index in [-0.39, 0.29) is 37.2 Å². The maximum atomic E-state index is 13.7. The number of rotatable bonds is 35. The smallest absolute Gasteiger partial charge is 0.407 e. The fraction of sp³-hybridized carbons (Fsp3) is 0.822. The van der Waals surface area contributed by atoms with Gasteiger partial charge in [-0.05, 0) is 12.8 Å². The third-order valence-corrected chi connectivity index (χ3v) is 11.5. The summed E-state index contributed by atoms with van der Waals surface area (Å²) in [6, 6.07) is -2.14. The second kappa shape index (κ2) is 35.3. The van der Waals surface area contributed by atoms with Crippen molar-refractivity contribution in [1.82, 2.24) is 16.0 Å². The van der Waals surface area contributed by atoms with Crippen molar-refractivity contribution in [3.05, 3.63) is 12.7 Å². The minimum Gasteiger partial charge on any atom is -0.463 e. The topological polar surface area (TPSA) is 185 Å². The van der Waals surface area contributed by atoms with Crippen molar-refractivity contribution in [3.63, 3.8) is 0 Å². The van der Waals surface area contributed by atoms with Gasteiger partial charge in [-0.3, -0.25) is 24.0 Å². The Morgan fingerprint density at radius 2 is 1.17 bits per heavy atom. The van der Waals surface area contributed by atoms with Crippen molar-refractivity contribution in [2.75, 3.05) is 25.5 Å². The van der Waals surface area contributed by atoms with Gasteiger partial charge in [0.1, 0.15) is 36.8 Å². The second-order valence-corrected chi connectivity index (χ2v) is 16.9. The van der Waals surface area contributed by atoms with E-state index in [9.17, 15) is 28.8 Å². The first kappa shape index (κ1) is 54.7. The summed E-state index contributed by atoms with van der Waals surface area (Å²) in [5.74, 6) is -2.70. The van der Waals surface area contributed by atoms with Crippen LogP contribution in [0.25, 0.3) is 0 Å². The van der Waals surface area contributed by atoms with Crippen LogP contribution in [0.5, 0.6) is 0 Å². The van der Waals surface area contributed by atoms with E-state index >= 15 is 0 Å². The van der Waals surface area contributed by atoms with Crippen molar-refractivity contribution < 1.29 is 52.5 Å². The summed E-state index contributed by atoms with van der Waals surface area (Å²) in [6.07, 6.45) is 21.3. The summed E-state index contributed by atoms with van der Waals surface area (Å²) in [5, 5.41) is 8.57.